The van der Waals surface area contributed by atoms with Gasteiger partial charge in [0.15, 0.2) is 0 Å². The number of hydrogen-bond donors (Lipinski definition) is 3. The normalized spacial score (nSPS) is 37.0. The fraction of sp³-hybridized carbons (Fsp3) is 0.667. The number of aliphatic hydroxyl groups is 2. The van der Waals surface area contributed by atoms with Crippen LogP contribution in [0.25, 0.3) is 0 Å². The molecule has 25 heavy (non-hydrogen) atoms. The molecule has 1 aromatic carbocycles. The van der Waals surface area contributed by atoms with Gasteiger partial charge in [-0.2, -0.15) is 0 Å². The number of benzene rings is 1. The van der Waals surface area contributed by atoms with Crippen LogP contribution in [0.3, 0.4) is 0 Å². The van der Waals surface area contributed by atoms with Crippen LogP contribution < -0.4 is 5.32 Å². The van der Waals surface area contributed by atoms with E-state index in [1.807, 2.05) is 6.07 Å². The predicted octanol–water partition coefficient (Wildman–Crippen LogP) is 2.24. The number of carbonyl (C=O) groups excluding carboxylic acids is 1. The third-order valence-electron chi connectivity index (χ3n) is 7.10. The van der Waals surface area contributed by atoms with Crippen molar-refractivity contribution in [2.75, 3.05) is 13.2 Å². The van der Waals surface area contributed by atoms with Crippen LogP contribution >= 0.6 is 0 Å². The van der Waals surface area contributed by atoms with Crippen LogP contribution in [0.1, 0.15) is 44.1 Å². The fourth-order valence-electron chi connectivity index (χ4n) is 6.26. The number of amides is 1. The molecule has 0 aliphatic heterocycles. The summed E-state index contributed by atoms with van der Waals surface area (Å²) in [6, 6.07) is 10.6. The molecule has 1 amide bonds. The lowest BCUT2D eigenvalue weighted by Gasteiger charge is -2.61. The molecule has 0 saturated heterocycles. The molecule has 0 aromatic heterocycles. The van der Waals surface area contributed by atoms with Crippen molar-refractivity contribution in [2.24, 2.45) is 23.7 Å². The van der Waals surface area contributed by atoms with Crippen LogP contribution in [0.4, 0.5) is 0 Å². The van der Waals surface area contributed by atoms with E-state index < -0.39 is 6.10 Å². The summed E-state index contributed by atoms with van der Waals surface area (Å²) in [4.78, 5) is 12.7. The highest BCUT2D eigenvalue weighted by molar-refractivity contribution is 5.78. The molecular weight excluding hydrogens is 314 g/mol. The first-order valence-electron chi connectivity index (χ1n) is 9.73. The van der Waals surface area contributed by atoms with E-state index in [1.165, 1.54) is 37.7 Å². The number of hydrogen-bond acceptors (Lipinski definition) is 3. The summed E-state index contributed by atoms with van der Waals surface area (Å²) in [5, 5.41) is 21.3. The lowest BCUT2D eigenvalue weighted by molar-refractivity contribution is -0.129. The van der Waals surface area contributed by atoms with E-state index in [2.05, 4.69) is 29.6 Å². The lowest BCUT2D eigenvalue weighted by atomic mass is 9.43. The maximum Gasteiger partial charge on any atom is 0.221 e. The van der Waals surface area contributed by atoms with Crippen molar-refractivity contribution in [1.82, 2.24) is 5.32 Å². The van der Waals surface area contributed by atoms with Crippen LogP contribution in [-0.4, -0.2) is 35.4 Å². The van der Waals surface area contributed by atoms with E-state index in [0.29, 0.717) is 18.3 Å². The zero-order valence-corrected chi connectivity index (χ0v) is 14.7. The van der Waals surface area contributed by atoms with Crippen molar-refractivity contribution in [3.8, 4) is 0 Å². The minimum atomic E-state index is -0.880. The molecule has 4 aliphatic rings. The monoisotopic (exact) mass is 343 g/mol. The van der Waals surface area contributed by atoms with Crippen LogP contribution in [0, 0.1) is 23.7 Å². The highest BCUT2D eigenvalue weighted by Gasteiger charge is 2.58. The van der Waals surface area contributed by atoms with E-state index in [9.17, 15) is 9.90 Å². The zero-order chi connectivity index (χ0) is 17.4. The highest BCUT2D eigenvalue weighted by atomic mass is 16.3. The van der Waals surface area contributed by atoms with Gasteiger partial charge in [-0.1, -0.05) is 30.3 Å². The van der Waals surface area contributed by atoms with Crippen molar-refractivity contribution >= 4 is 5.91 Å². The van der Waals surface area contributed by atoms with Gasteiger partial charge < -0.3 is 15.5 Å². The summed E-state index contributed by atoms with van der Waals surface area (Å²) < 4.78 is 0. The fourth-order valence-corrected chi connectivity index (χ4v) is 6.26. The molecule has 4 saturated carbocycles. The lowest BCUT2D eigenvalue weighted by Crippen LogP contribution is -2.57. The molecule has 4 aliphatic carbocycles. The second kappa shape index (κ2) is 6.73. The molecule has 3 N–H and O–H groups in total. The first kappa shape index (κ1) is 17.0. The van der Waals surface area contributed by atoms with Gasteiger partial charge in [0.05, 0.1) is 12.7 Å². The summed E-state index contributed by atoms with van der Waals surface area (Å²) in [5.41, 5.74) is 1.27. The molecule has 1 unspecified atom stereocenters. The Morgan fingerprint density at radius 3 is 2.24 bits per heavy atom. The van der Waals surface area contributed by atoms with Crippen molar-refractivity contribution in [3.05, 3.63) is 35.9 Å². The molecule has 0 heterocycles. The Bertz CT molecular complexity index is 587. The molecule has 1 aromatic rings. The first-order valence-corrected chi connectivity index (χ1v) is 9.73. The second-order valence-electron chi connectivity index (χ2n) is 8.53. The maximum absolute atomic E-state index is 12.7. The van der Waals surface area contributed by atoms with Crippen molar-refractivity contribution in [1.29, 1.82) is 0 Å². The molecule has 4 fully saturated rings. The van der Waals surface area contributed by atoms with Crippen molar-refractivity contribution in [3.63, 3.8) is 0 Å². The summed E-state index contributed by atoms with van der Waals surface area (Å²) in [7, 11) is 0. The van der Waals surface area contributed by atoms with E-state index in [0.717, 1.165) is 11.8 Å². The van der Waals surface area contributed by atoms with Gasteiger partial charge in [-0.25, -0.2) is 0 Å². The van der Waals surface area contributed by atoms with Crippen LogP contribution in [-0.2, 0) is 10.2 Å². The average Bonchev–Trinajstić information content (AvgIpc) is 2.63. The van der Waals surface area contributed by atoms with Crippen molar-refractivity contribution < 1.29 is 15.0 Å². The van der Waals surface area contributed by atoms with E-state index in [4.69, 9.17) is 5.11 Å². The standard InChI is InChI=1S/C21H29NO3/c23-13-19(24)12-22-20(25)11-21(16-4-2-1-3-5-16)17-7-14-6-15(9-17)10-18(21)8-14/h1-5,14-15,17-19,23-24H,6-13H2,(H,22,25). The topological polar surface area (TPSA) is 69.6 Å². The SMILES string of the molecule is O=C(CC1(c2ccccc2)C2CC3CC(C2)CC1C3)NCC(O)CO. The van der Waals surface area contributed by atoms with E-state index in [-0.39, 0.29) is 24.5 Å². The average molecular weight is 343 g/mol. The third-order valence-corrected chi connectivity index (χ3v) is 7.10. The Kier molecular flexibility index (Phi) is 4.59. The first-order chi connectivity index (χ1) is 12.1. The number of rotatable bonds is 6. The molecule has 4 bridgehead atoms. The van der Waals surface area contributed by atoms with Crippen molar-refractivity contribution in [2.45, 2.75) is 50.0 Å². The van der Waals surface area contributed by atoms with Gasteiger partial charge in [0, 0.05) is 18.4 Å². The zero-order valence-electron chi connectivity index (χ0n) is 14.7. The molecule has 1 atom stereocenters. The molecule has 5 rings (SSSR count). The molecule has 0 radical (unpaired) electrons. The van der Waals surface area contributed by atoms with Gasteiger partial charge in [-0.05, 0) is 61.3 Å². The van der Waals surface area contributed by atoms with Crippen LogP contribution in [0.5, 0.6) is 0 Å². The molecule has 4 nitrogen and oxygen atoms in total. The minimum absolute atomic E-state index is 0.00354. The Morgan fingerprint density at radius 2 is 1.68 bits per heavy atom. The summed E-state index contributed by atoms with van der Waals surface area (Å²) >= 11 is 0. The van der Waals surface area contributed by atoms with Gasteiger partial charge >= 0.3 is 0 Å². The quantitative estimate of drug-likeness (QED) is 0.742. The number of aliphatic hydroxyl groups excluding tert-OH is 2. The minimum Gasteiger partial charge on any atom is -0.394 e. The van der Waals surface area contributed by atoms with Crippen LogP contribution in [0.15, 0.2) is 30.3 Å². The largest absolute Gasteiger partial charge is 0.394 e. The Hall–Kier alpha value is -1.39. The summed E-state index contributed by atoms with van der Waals surface area (Å²) in [5.74, 6) is 2.92. The second-order valence-corrected chi connectivity index (χ2v) is 8.53. The molecule has 0 spiro atoms. The van der Waals surface area contributed by atoms with Crippen LogP contribution in [0.2, 0.25) is 0 Å². The Morgan fingerprint density at radius 1 is 1.08 bits per heavy atom. The molecular formula is C21H29NO3. The Labute approximate surface area is 149 Å². The smallest absolute Gasteiger partial charge is 0.221 e. The third kappa shape index (κ3) is 3.00. The van der Waals surface area contributed by atoms with Gasteiger partial charge in [0.25, 0.3) is 0 Å². The summed E-state index contributed by atoms with van der Waals surface area (Å²) in [6.07, 6.45) is 6.05. The highest BCUT2D eigenvalue weighted by Crippen LogP contribution is 2.64. The maximum atomic E-state index is 12.7. The summed E-state index contributed by atoms with van der Waals surface area (Å²) in [6.45, 7) is -0.195. The Balaban J connectivity index is 1.61. The van der Waals surface area contributed by atoms with E-state index >= 15 is 0 Å². The number of carbonyl (C=O) groups is 1. The molecule has 136 valence electrons. The van der Waals surface area contributed by atoms with Gasteiger partial charge in [0.2, 0.25) is 5.91 Å². The van der Waals surface area contributed by atoms with E-state index in [1.54, 1.807) is 0 Å². The molecule has 4 heteroatoms. The van der Waals surface area contributed by atoms with Gasteiger partial charge in [0.1, 0.15) is 0 Å². The predicted molar refractivity (Wildman–Crippen MR) is 95.9 cm³/mol. The van der Waals surface area contributed by atoms with Gasteiger partial charge in [-0.3, -0.25) is 4.79 Å². The van der Waals surface area contributed by atoms with Gasteiger partial charge in [-0.15, -0.1) is 0 Å². The number of nitrogens with one attached hydrogen (secondary N) is 1.